The van der Waals surface area contributed by atoms with Gasteiger partial charge in [0.2, 0.25) is 0 Å². The molecule has 0 aliphatic carbocycles. The van der Waals surface area contributed by atoms with E-state index in [4.69, 9.17) is 17.0 Å². The quantitative estimate of drug-likeness (QED) is 0.345. The van der Waals surface area contributed by atoms with Gasteiger partial charge in [-0.25, -0.2) is 9.78 Å². The molecular weight excluding hydrogens is 392 g/mol. The minimum Gasteiger partial charge on any atom is -0.465 e. The van der Waals surface area contributed by atoms with Crippen LogP contribution in [0.25, 0.3) is 11.1 Å². The molecule has 0 saturated heterocycles. The summed E-state index contributed by atoms with van der Waals surface area (Å²) in [6.07, 6.45) is 6.38. The normalized spacial score (nSPS) is 10.5. The predicted molar refractivity (Wildman–Crippen MR) is 117 cm³/mol. The molecule has 2 heterocycles. The summed E-state index contributed by atoms with van der Waals surface area (Å²) in [5.41, 5.74) is 2.37. The maximum atomic E-state index is 12.5. The number of nitrogens with zero attached hydrogens (tertiary/aromatic N) is 2. The van der Waals surface area contributed by atoms with Gasteiger partial charge in [-0.2, -0.15) is 0 Å². The van der Waals surface area contributed by atoms with Crippen LogP contribution in [-0.2, 0) is 11.3 Å². The van der Waals surface area contributed by atoms with Crippen molar-refractivity contribution in [2.75, 3.05) is 19.0 Å². The third-order valence-corrected chi connectivity index (χ3v) is 5.47. The fourth-order valence-electron chi connectivity index (χ4n) is 2.91. The number of nitrogens with one attached hydrogen (secondary N) is 2. The number of aryl methyl sites for hydroxylation is 2. The fourth-order valence-corrected chi connectivity index (χ4v) is 4.25. The number of methoxy groups -OCH3 is 1. The van der Waals surface area contributed by atoms with Crippen LogP contribution in [0.15, 0.2) is 49.1 Å². The minimum atomic E-state index is -0.381. The molecule has 0 spiro atoms. The average molecular weight is 415 g/mol. The first-order chi connectivity index (χ1) is 13.6. The van der Waals surface area contributed by atoms with Crippen molar-refractivity contribution in [1.82, 2.24) is 14.9 Å². The Morgan fingerprint density at radius 1 is 1.32 bits per heavy atom. The van der Waals surface area contributed by atoms with E-state index in [0.717, 1.165) is 29.0 Å². The largest absolute Gasteiger partial charge is 0.465 e. The second-order valence-corrected chi connectivity index (χ2v) is 7.76. The zero-order chi connectivity index (χ0) is 19.9. The number of ether oxygens (including phenoxy) is 1. The number of anilines is 1. The monoisotopic (exact) mass is 414 g/mol. The van der Waals surface area contributed by atoms with Gasteiger partial charge in [0.1, 0.15) is 10.6 Å². The Bertz CT molecular complexity index is 937. The molecule has 3 rings (SSSR count). The van der Waals surface area contributed by atoms with Gasteiger partial charge in [-0.3, -0.25) is 0 Å². The number of imidazole rings is 1. The van der Waals surface area contributed by atoms with Gasteiger partial charge < -0.3 is 19.9 Å². The van der Waals surface area contributed by atoms with E-state index in [1.54, 1.807) is 12.5 Å². The number of hydrogen-bond acceptors (Lipinski definition) is 5. The predicted octanol–water partition coefficient (Wildman–Crippen LogP) is 4.08. The van der Waals surface area contributed by atoms with Gasteiger partial charge in [0.05, 0.1) is 13.4 Å². The molecule has 2 aromatic heterocycles. The molecular formula is C20H22N4O2S2. The molecule has 6 nitrogen and oxygen atoms in total. The van der Waals surface area contributed by atoms with E-state index in [9.17, 15) is 4.79 Å². The summed E-state index contributed by atoms with van der Waals surface area (Å²) >= 11 is 6.91. The van der Waals surface area contributed by atoms with Gasteiger partial charge >= 0.3 is 5.97 Å². The van der Waals surface area contributed by atoms with Crippen LogP contribution in [-0.4, -0.2) is 34.3 Å². The van der Waals surface area contributed by atoms with E-state index >= 15 is 0 Å². The summed E-state index contributed by atoms with van der Waals surface area (Å²) in [6, 6.07) is 9.82. The second-order valence-electron chi connectivity index (χ2n) is 6.13. The van der Waals surface area contributed by atoms with Crippen molar-refractivity contribution in [1.29, 1.82) is 0 Å². The van der Waals surface area contributed by atoms with E-state index in [1.807, 2.05) is 48.0 Å². The van der Waals surface area contributed by atoms with Gasteiger partial charge in [0.15, 0.2) is 5.11 Å². The lowest BCUT2D eigenvalue weighted by molar-refractivity contribution is 0.0603. The van der Waals surface area contributed by atoms with Crippen molar-refractivity contribution in [3.63, 3.8) is 0 Å². The topological polar surface area (TPSA) is 68.2 Å². The van der Waals surface area contributed by atoms with Crippen molar-refractivity contribution in [2.24, 2.45) is 0 Å². The summed E-state index contributed by atoms with van der Waals surface area (Å²) in [6.45, 7) is 3.57. The van der Waals surface area contributed by atoms with E-state index in [0.29, 0.717) is 22.2 Å². The Hall–Kier alpha value is -2.71. The van der Waals surface area contributed by atoms with Crippen molar-refractivity contribution in [3.8, 4) is 11.1 Å². The minimum absolute atomic E-state index is 0.381. The van der Waals surface area contributed by atoms with Crippen LogP contribution in [0.3, 0.4) is 0 Å². The number of esters is 1. The molecule has 0 aliphatic rings. The summed E-state index contributed by atoms with van der Waals surface area (Å²) < 4.78 is 7.05. The lowest BCUT2D eigenvalue weighted by Crippen LogP contribution is -2.30. The zero-order valence-electron chi connectivity index (χ0n) is 15.8. The lowest BCUT2D eigenvalue weighted by atomic mass is 10.0. The van der Waals surface area contributed by atoms with E-state index in [-0.39, 0.29) is 5.97 Å². The van der Waals surface area contributed by atoms with Crippen LogP contribution < -0.4 is 10.6 Å². The summed E-state index contributed by atoms with van der Waals surface area (Å²) in [4.78, 5) is 17.5. The first kappa shape index (κ1) is 20.0. The number of rotatable bonds is 7. The molecule has 0 radical (unpaired) electrons. The molecule has 8 heteroatoms. The van der Waals surface area contributed by atoms with Crippen LogP contribution in [0.2, 0.25) is 0 Å². The highest BCUT2D eigenvalue weighted by Crippen LogP contribution is 2.40. The number of thiophene rings is 1. The van der Waals surface area contributed by atoms with E-state index in [1.165, 1.54) is 18.4 Å². The molecule has 0 aliphatic heterocycles. The van der Waals surface area contributed by atoms with Crippen LogP contribution in [0.5, 0.6) is 0 Å². The van der Waals surface area contributed by atoms with E-state index < -0.39 is 0 Å². The van der Waals surface area contributed by atoms with Gasteiger partial charge in [-0.15, -0.1) is 11.3 Å². The standard InChI is InChI=1S/C20H22N4O2S2/c1-14-16(15-7-4-3-5-8-15)17(19(25)26-2)18(28-14)23-20(27)22-9-6-11-24-12-10-21-13-24/h3-5,7-8,10,12-13H,6,9,11H2,1-2H3,(H2,22,23,27). The Balaban J connectivity index is 1.70. The zero-order valence-corrected chi connectivity index (χ0v) is 17.4. The summed E-state index contributed by atoms with van der Waals surface area (Å²) in [5.74, 6) is -0.381. The summed E-state index contributed by atoms with van der Waals surface area (Å²) in [5, 5.41) is 7.53. The van der Waals surface area contributed by atoms with E-state index in [2.05, 4.69) is 15.6 Å². The molecule has 1 aromatic carbocycles. The number of benzene rings is 1. The van der Waals surface area contributed by atoms with Gasteiger partial charge in [-0.1, -0.05) is 30.3 Å². The molecule has 0 unspecified atom stereocenters. The Labute approximate surface area is 173 Å². The number of hydrogen-bond donors (Lipinski definition) is 2. The molecule has 0 bridgehead atoms. The van der Waals surface area contributed by atoms with Crippen LogP contribution in [0.1, 0.15) is 21.7 Å². The molecule has 28 heavy (non-hydrogen) atoms. The van der Waals surface area contributed by atoms with Crippen LogP contribution >= 0.6 is 23.6 Å². The maximum absolute atomic E-state index is 12.5. The average Bonchev–Trinajstić information content (AvgIpc) is 3.33. The Morgan fingerprint density at radius 3 is 2.79 bits per heavy atom. The number of carbonyl (C=O) groups is 1. The molecule has 0 atom stereocenters. The molecule has 2 N–H and O–H groups in total. The van der Waals surface area contributed by atoms with Gasteiger partial charge in [-0.05, 0) is 31.1 Å². The SMILES string of the molecule is COC(=O)c1c(NC(=S)NCCCn2ccnc2)sc(C)c1-c1ccccc1. The number of thiocarbonyl (C=S) groups is 1. The summed E-state index contributed by atoms with van der Waals surface area (Å²) in [7, 11) is 1.39. The van der Waals surface area contributed by atoms with Gasteiger partial charge in [0.25, 0.3) is 0 Å². The molecule has 0 saturated carbocycles. The lowest BCUT2D eigenvalue weighted by Gasteiger charge is -2.11. The second kappa shape index (κ2) is 9.48. The van der Waals surface area contributed by atoms with Crippen LogP contribution in [0, 0.1) is 6.92 Å². The van der Waals surface area contributed by atoms with Gasteiger partial charge in [0, 0.05) is 35.9 Å². The first-order valence-corrected chi connectivity index (χ1v) is 10.1. The molecule has 0 fully saturated rings. The Morgan fingerprint density at radius 2 is 2.11 bits per heavy atom. The van der Waals surface area contributed by atoms with Crippen molar-refractivity contribution in [3.05, 3.63) is 59.5 Å². The number of aromatic nitrogens is 2. The first-order valence-electron chi connectivity index (χ1n) is 8.88. The third kappa shape index (κ3) is 4.76. The van der Waals surface area contributed by atoms with Crippen molar-refractivity contribution >= 4 is 39.6 Å². The highest BCUT2D eigenvalue weighted by Gasteiger charge is 2.24. The van der Waals surface area contributed by atoms with Crippen LogP contribution in [0.4, 0.5) is 5.00 Å². The highest BCUT2D eigenvalue weighted by atomic mass is 32.1. The van der Waals surface area contributed by atoms with Crippen molar-refractivity contribution < 1.29 is 9.53 Å². The van der Waals surface area contributed by atoms with Crippen molar-refractivity contribution in [2.45, 2.75) is 19.9 Å². The smallest absolute Gasteiger partial charge is 0.341 e. The maximum Gasteiger partial charge on any atom is 0.341 e. The fraction of sp³-hybridized carbons (Fsp3) is 0.250. The molecule has 3 aromatic rings. The molecule has 146 valence electrons. The Kier molecular flexibility index (Phi) is 6.78. The third-order valence-electron chi connectivity index (χ3n) is 4.20. The molecule has 0 amide bonds. The highest BCUT2D eigenvalue weighted by molar-refractivity contribution is 7.80. The number of carbonyl (C=O) groups excluding carboxylic acids is 1.